The Morgan fingerprint density at radius 1 is 1.21 bits per heavy atom. The Hall–Kier alpha value is -0.120. The number of hydrogen-bond donors (Lipinski definition) is 1. The van der Waals surface area contributed by atoms with E-state index in [-0.39, 0.29) is 0 Å². The molecule has 82 valence electrons. The van der Waals surface area contributed by atoms with E-state index in [1.807, 2.05) is 0 Å². The molecule has 14 heavy (non-hydrogen) atoms. The summed E-state index contributed by atoms with van der Waals surface area (Å²) in [7, 11) is 2.08. The summed E-state index contributed by atoms with van der Waals surface area (Å²) in [5.74, 6) is 1.38. The summed E-state index contributed by atoms with van der Waals surface area (Å²) in [6.07, 6.45) is 0. The van der Waals surface area contributed by atoms with Gasteiger partial charge in [-0.3, -0.25) is 0 Å². The van der Waals surface area contributed by atoms with E-state index in [1.165, 1.54) is 13.1 Å². The molecule has 0 amide bonds. The number of fused-ring (bicyclic) bond motifs is 2. The molecule has 0 aliphatic carbocycles. The van der Waals surface area contributed by atoms with Gasteiger partial charge in [0.1, 0.15) is 0 Å². The van der Waals surface area contributed by atoms with Crippen LogP contribution in [0.3, 0.4) is 0 Å². The fourth-order valence-corrected chi connectivity index (χ4v) is 2.87. The van der Waals surface area contributed by atoms with Crippen molar-refractivity contribution in [1.29, 1.82) is 0 Å². The van der Waals surface area contributed by atoms with E-state index in [1.54, 1.807) is 0 Å². The average Bonchev–Trinajstić information content (AvgIpc) is 2.15. The van der Waals surface area contributed by atoms with Crippen molar-refractivity contribution in [3.63, 3.8) is 0 Å². The zero-order valence-electron chi connectivity index (χ0n) is 9.49. The Morgan fingerprint density at radius 2 is 1.79 bits per heavy atom. The maximum atomic E-state index is 5.63. The lowest BCUT2D eigenvalue weighted by Crippen LogP contribution is -2.60. The van der Waals surface area contributed by atoms with Gasteiger partial charge in [-0.15, -0.1) is 0 Å². The van der Waals surface area contributed by atoms with E-state index in [4.69, 9.17) is 4.74 Å². The molecule has 0 aromatic heterocycles. The van der Waals surface area contributed by atoms with Crippen LogP contribution in [0.5, 0.6) is 0 Å². The number of rotatable bonds is 2. The van der Waals surface area contributed by atoms with Crippen LogP contribution in [0.2, 0.25) is 0 Å². The molecule has 2 saturated heterocycles. The van der Waals surface area contributed by atoms with Crippen molar-refractivity contribution in [2.75, 3.05) is 33.4 Å². The first-order valence-corrected chi connectivity index (χ1v) is 5.71. The smallest absolute Gasteiger partial charge is 0.0521 e. The lowest BCUT2D eigenvalue weighted by molar-refractivity contribution is -0.0694. The molecule has 3 nitrogen and oxygen atoms in total. The number of likely N-dealkylation sites (tertiary alicyclic amines) is 1. The van der Waals surface area contributed by atoms with Gasteiger partial charge in [-0.2, -0.15) is 0 Å². The monoisotopic (exact) mass is 198 g/mol. The lowest BCUT2D eigenvalue weighted by atomic mass is 9.82. The van der Waals surface area contributed by atoms with Gasteiger partial charge in [0.05, 0.1) is 13.2 Å². The molecule has 0 spiro atoms. The van der Waals surface area contributed by atoms with Crippen molar-refractivity contribution in [3.05, 3.63) is 0 Å². The fraction of sp³-hybridized carbons (Fsp3) is 1.00. The normalized spacial score (nSPS) is 39.0. The van der Waals surface area contributed by atoms with Gasteiger partial charge in [-0.25, -0.2) is 0 Å². The van der Waals surface area contributed by atoms with Gasteiger partial charge < -0.3 is 15.0 Å². The molecule has 1 N–H and O–H groups in total. The molecule has 0 aromatic rings. The molecular weight excluding hydrogens is 176 g/mol. The average molecular weight is 198 g/mol. The predicted octanol–water partition coefficient (Wildman–Crippen LogP) is 0.561. The molecule has 2 atom stereocenters. The van der Waals surface area contributed by atoms with E-state index >= 15 is 0 Å². The molecule has 3 heteroatoms. The quantitative estimate of drug-likeness (QED) is 0.702. The van der Waals surface area contributed by atoms with Crippen LogP contribution in [0.4, 0.5) is 0 Å². The minimum atomic E-state index is 0.677. The highest BCUT2D eigenvalue weighted by Gasteiger charge is 2.39. The second kappa shape index (κ2) is 4.17. The topological polar surface area (TPSA) is 24.5 Å². The van der Waals surface area contributed by atoms with Crippen molar-refractivity contribution in [3.8, 4) is 0 Å². The first-order valence-electron chi connectivity index (χ1n) is 5.71. The zero-order chi connectivity index (χ0) is 10.1. The highest BCUT2D eigenvalue weighted by Crippen LogP contribution is 2.28. The van der Waals surface area contributed by atoms with Crippen LogP contribution in [0.25, 0.3) is 0 Å². The number of nitrogens with zero attached hydrogens (tertiary/aromatic N) is 1. The second-order valence-electron chi connectivity index (χ2n) is 4.92. The number of ether oxygens (including phenoxy) is 1. The third-order valence-electron chi connectivity index (χ3n) is 3.68. The SMILES string of the molecule is CNC1C2COCC1CN(C(C)C)C2. The molecule has 2 rings (SSSR count). The maximum Gasteiger partial charge on any atom is 0.0521 e. The maximum absolute atomic E-state index is 5.63. The van der Waals surface area contributed by atoms with Crippen molar-refractivity contribution >= 4 is 0 Å². The molecule has 0 aromatic carbocycles. The number of piperidine rings is 1. The molecule has 2 unspecified atom stereocenters. The molecular formula is C11H22N2O. The Morgan fingerprint density at radius 3 is 2.21 bits per heavy atom. The second-order valence-corrected chi connectivity index (χ2v) is 4.92. The Bertz CT molecular complexity index is 182. The number of nitrogens with one attached hydrogen (secondary N) is 1. The molecule has 2 aliphatic rings. The Labute approximate surface area is 86.8 Å². The first-order chi connectivity index (χ1) is 6.72. The van der Waals surface area contributed by atoms with Crippen LogP contribution in [-0.4, -0.2) is 50.3 Å². The first kappa shape index (κ1) is 10.4. The van der Waals surface area contributed by atoms with Gasteiger partial charge >= 0.3 is 0 Å². The van der Waals surface area contributed by atoms with E-state index in [0.29, 0.717) is 23.9 Å². The van der Waals surface area contributed by atoms with Crippen LogP contribution in [-0.2, 0) is 4.74 Å². The summed E-state index contributed by atoms with van der Waals surface area (Å²) in [4.78, 5) is 2.59. The highest BCUT2D eigenvalue weighted by atomic mass is 16.5. The summed E-state index contributed by atoms with van der Waals surface area (Å²) < 4.78 is 5.63. The predicted molar refractivity (Wildman–Crippen MR) is 57.4 cm³/mol. The Kier molecular flexibility index (Phi) is 3.10. The van der Waals surface area contributed by atoms with Crippen LogP contribution in [0.15, 0.2) is 0 Å². The molecule has 0 saturated carbocycles. The van der Waals surface area contributed by atoms with Gasteiger partial charge in [0.25, 0.3) is 0 Å². The van der Waals surface area contributed by atoms with Crippen molar-refractivity contribution in [2.45, 2.75) is 25.9 Å². The van der Waals surface area contributed by atoms with E-state index in [9.17, 15) is 0 Å². The molecule has 2 aliphatic heterocycles. The summed E-state index contributed by atoms with van der Waals surface area (Å²) >= 11 is 0. The van der Waals surface area contributed by atoms with Crippen molar-refractivity contribution < 1.29 is 4.74 Å². The van der Waals surface area contributed by atoms with Gasteiger partial charge in [0, 0.05) is 37.0 Å². The van der Waals surface area contributed by atoms with E-state index in [0.717, 1.165) is 13.2 Å². The van der Waals surface area contributed by atoms with Crippen molar-refractivity contribution in [1.82, 2.24) is 10.2 Å². The van der Waals surface area contributed by atoms with Gasteiger partial charge in [0.2, 0.25) is 0 Å². The van der Waals surface area contributed by atoms with Crippen LogP contribution < -0.4 is 5.32 Å². The fourth-order valence-electron chi connectivity index (χ4n) is 2.87. The third-order valence-corrected chi connectivity index (χ3v) is 3.68. The van der Waals surface area contributed by atoms with Crippen LogP contribution >= 0.6 is 0 Å². The van der Waals surface area contributed by atoms with E-state index < -0.39 is 0 Å². The molecule has 0 radical (unpaired) electrons. The van der Waals surface area contributed by atoms with Crippen LogP contribution in [0, 0.1) is 11.8 Å². The lowest BCUT2D eigenvalue weighted by Gasteiger charge is -2.48. The highest BCUT2D eigenvalue weighted by molar-refractivity contribution is 4.94. The van der Waals surface area contributed by atoms with Crippen LogP contribution in [0.1, 0.15) is 13.8 Å². The standard InChI is InChI=1S/C11H22N2O/c1-8(2)13-4-9-6-14-7-10(5-13)11(9)12-3/h8-12H,4-7H2,1-3H3. The minimum Gasteiger partial charge on any atom is -0.381 e. The Balaban J connectivity index is 2.04. The summed E-state index contributed by atoms with van der Waals surface area (Å²) in [5.41, 5.74) is 0. The van der Waals surface area contributed by atoms with Gasteiger partial charge in [-0.1, -0.05) is 0 Å². The molecule has 2 fully saturated rings. The van der Waals surface area contributed by atoms with E-state index in [2.05, 4.69) is 31.1 Å². The largest absolute Gasteiger partial charge is 0.381 e. The van der Waals surface area contributed by atoms with Crippen molar-refractivity contribution in [2.24, 2.45) is 11.8 Å². The summed E-state index contributed by atoms with van der Waals surface area (Å²) in [6, 6.07) is 1.36. The number of hydrogen-bond acceptors (Lipinski definition) is 3. The third kappa shape index (κ3) is 1.81. The zero-order valence-corrected chi connectivity index (χ0v) is 9.49. The van der Waals surface area contributed by atoms with Gasteiger partial charge in [-0.05, 0) is 20.9 Å². The molecule has 2 bridgehead atoms. The molecule has 2 heterocycles. The minimum absolute atomic E-state index is 0.677. The summed E-state index contributed by atoms with van der Waals surface area (Å²) in [5, 5.41) is 3.46. The van der Waals surface area contributed by atoms with Gasteiger partial charge in [0.15, 0.2) is 0 Å². The summed E-state index contributed by atoms with van der Waals surface area (Å²) in [6.45, 7) is 8.84.